The van der Waals surface area contributed by atoms with Gasteiger partial charge in [-0.15, -0.1) is 0 Å². The van der Waals surface area contributed by atoms with E-state index in [-0.39, 0.29) is 11.9 Å². The predicted molar refractivity (Wildman–Crippen MR) is 56.6 cm³/mol. The molecule has 0 saturated heterocycles. The van der Waals surface area contributed by atoms with Crippen molar-refractivity contribution in [3.63, 3.8) is 0 Å². The van der Waals surface area contributed by atoms with Crippen molar-refractivity contribution < 1.29 is 4.79 Å². The fraction of sp³-hybridized carbons (Fsp3) is 0.455. The number of rotatable bonds is 0. The van der Waals surface area contributed by atoms with Gasteiger partial charge in [-0.25, -0.2) is 0 Å². The molecule has 1 atom stereocenters. The van der Waals surface area contributed by atoms with Gasteiger partial charge in [0, 0.05) is 18.2 Å². The second-order valence-electron chi connectivity index (χ2n) is 4.02. The van der Waals surface area contributed by atoms with Gasteiger partial charge >= 0.3 is 0 Å². The number of hydrogen-bond acceptors (Lipinski definition) is 2. The van der Waals surface area contributed by atoms with E-state index >= 15 is 0 Å². The summed E-state index contributed by atoms with van der Waals surface area (Å²) in [6.07, 6.45) is 0.479. The number of nitrogens with one attached hydrogen (secondary N) is 1. The lowest BCUT2D eigenvalue weighted by Crippen LogP contribution is -2.26. The number of amides is 1. The van der Waals surface area contributed by atoms with Gasteiger partial charge in [0.15, 0.2) is 0 Å². The van der Waals surface area contributed by atoms with Crippen LogP contribution in [0.4, 0.5) is 5.82 Å². The average molecular weight is 203 g/mol. The molecular weight excluding hydrogens is 190 g/mol. The molecule has 0 bridgehead atoms. The Labute approximate surface area is 88.5 Å². The van der Waals surface area contributed by atoms with Crippen LogP contribution in [0.2, 0.25) is 0 Å². The van der Waals surface area contributed by atoms with E-state index in [1.807, 2.05) is 25.3 Å². The molecule has 2 heterocycles. The van der Waals surface area contributed by atoms with Crippen molar-refractivity contribution in [2.45, 2.75) is 33.2 Å². The van der Waals surface area contributed by atoms with Crippen molar-refractivity contribution >= 4 is 11.7 Å². The summed E-state index contributed by atoms with van der Waals surface area (Å²) < 4.78 is 2.04. The zero-order valence-corrected chi connectivity index (χ0v) is 9.09. The van der Waals surface area contributed by atoms with Crippen molar-refractivity contribution in [3.8, 4) is 6.07 Å². The Hall–Kier alpha value is -1.76. The first-order chi connectivity index (χ1) is 7.06. The molecule has 78 valence electrons. The van der Waals surface area contributed by atoms with Gasteiger partial charge in [-0.2, -0.15) is 5.26 Å². The number of carbonyl (C=O) groups excluding carboxylic acids is 1. The molecule has 15 heavy (non-hydrogen) atoms. The molecule has 1 aliphatic heterocycles. The smallest absolute Gasteiger partial charge is 0.227 e. The Balaban J connectivity index is 2.71. The second-order valence-corrected chi connectivity index (χ2v) is 4.02. The van der Waals surface area contributed by atoms with Crippen LogP contribution in [0, 0.1) is 25.2 Å². The van der Waals surface area contributed by atoms with Gasteiger partial charge in [0.25, 0.3) is 0 Å². The molecule has 0 aromatic carbocycles. The molecule has 4 nitrogen and oxygen atoms in total. The number of anilines is 1. The highest BCUT2D eigenvalue weighted by Gasteiger charge is 2.27. The van der Waals surface area contributed by atoms with E-state index in [0.29, 0.717) is 17.8 Å². The van der Waals surface area contributed by atoms with Gasteiger partial charge in [-0.05, 0) is 26.3 Å². The highest BCUT2D eigenvalue weighted by atomic mass is 16.1. The minimum absolute atomic E-state index is 0.0102. The van der Waals surface area contributed by atoms with E-state index in [9.17, 15) is 4.79 Å². The quantitative estimate of drug-likeness (QED) is 0.699. The van der Waals surface area contributed by atoms with Gasteiger partial charge in [-0.1, -0.05) is 0 Å². The van der Waals surface area contributed by atoms with Crippen LogP contribution in [-0.4, -0.2) is 10.5 Å². The standard InChI is InChI=1S/C11H13N3O/c1-6-4-10(15)13-11-9(5-12)7(2)8(3)14(6)11/h6H,4H2,1-3H3,(H,13,15). The van der Waals surface area contributed by atoms with Gasteiger partial charge in [0.2, 0.25) is 5.91 Å². The maximum Gasteiger partial charge on any atom is 0.227 e. The molecule has 2 rings (SSSR count). The van der Waals surface area contributed by atoms with E-state index in [4.69, 9.17) is 5.26 Å². The number of aromatic nitrogens is 1. The summed E-state index contributed by atoms with van der Waals surface area (Å²) in [4.78, 5) is 11.4. The zero-order chi connectivity index (χ0) is 11.2. The van der Waals surface area contributed by atoms with Crippen molar-refractivity contribution in [1.82, 2.24) is 4.57 Å². The largest absolute Gasteiger partial charge is 0.327 e. The van der Waals surface area contributed by atoms with Crippen molar-refractivity contribution in [2.24, 2.45) is 0 Å². The van der Waals surface area contributed by atoms with Crippen LogP contribution in [0.25, 0.3) is 0 Å². The molecule has 0 saturated carbocycles. The third-order valence-corrected chi connectivity index (χ3v) is 3.05. The van der Waals surface area contributed by atoms with Crippen LogP contribution in [0.15, 0.2) is 0 Å². The van der Waals surface area contributed by atoms with Crippen LogP contribution in [0.5, 0.6) is 0 Å². The van der Waals surface area contributed by atoms with Gasteiger partial charge in [-0.3, -0.25) is 4.79 Å². The highest BCUT2D eigenvalue weighted by molar-refractivity contribution is 5.93. The third kappa shape index (κ3) is 1.23. The molecule has 0 fully saturated rings. The Bertz CT molecular complexity index is 479. The lowest BCUT2D eigenvalue weighted by Gasteiger charge is -2.24. The lowest BCUT2D eigenvalue weighted by atomic mass is 10.1. The van der Waals surface area contributed by atoms with Crippen LogP contribution in [0.1, 0.15) is 36.2 Å². The lowest BCUT2D eigenvalue weighted by molar-refractivity contribution is -0.117. The summed E-state index contributed by atoms with van der Waals surface area (Å²) >= 11 is 0. The SMILES string of the molecule is Cc1c(C#N)c2n(c1C)C(C)CC(=O)N2. The molecule has 0 spiro atoms. The molecule has 4 heteroatoms. The topological polar surface area (TPSA) is 57.8 Å². The molecule has 1 aromatic heterocycles. The summed E-state index contributed by atoms with van der Waals surface area (Å²) in [6, 6.07) is 2.28. The van der Waals surface area contributed by atoms with Gasteiger partial charge in [0.1, 0.15) is 11.9 Å². The maximum atomic E-state index is 11.4. The number of hydrogen-bond donors (Lipinski definition) is 1. The average Bonchev–Trinajstić information content (AvgIpc) is 2.39. The monoisotopic (exact) mass is 203 g/mol. The Kier molecular flexibility index (Phi) is 2.04. The first-order valence-electron chi connectivity index (χ1n) is 4.97. The van der Waals surface area contributed by atoms with Crippen molar-refractivity contribution in [2.75, 3.05) is 5.32 Å². The fourth-order valence-electron chi connectivity index (χ4n) is 2.18. The second kappa shape index (κ2) is 3.13. The van der Waals surface area contributed by atoms with Crippen molar-refractivity contribution in [3.05, 3.63) is 16.8 Å². The number of nitrogens with zero attached hydrogens (tertiary/aromatic N) is 2. The fourth-order valence-corrected chi connectivity index (χ4v) is 2.18. The molecule has 1 amide bonds. The molecular formula is C11H13N3O. The van der Waals surface area contributed by atoms with Gasteiger partial charge in [0.05, 0.1) is 5.56 Å². The normalized spacial score (nSPS) is 19.3. The molecule has 0 aliphatic carbocycles. The minimum Gasteiger partial charge on any atom is -0.327 e. The third-order valence-electron chi connectivity index (χ3n) is 3.05. The first-order valence-corrected chi connectivity index (χ1v) is 4.97. The molecule has 1 aliphatic rings. The summed E-state index contributed by atoms with van der Waals surface area (Å²) in [5.41, 5.74) is 2.61. The zero-order valence-electron chi connectivity index (χ0n) is 9.09. The van der Waals surface area contributed by atoms with Gasteiger partial charge < -0.3 is 9.88 Å². The number of carbonyl (C=O) groups is 1. The van der Waals surface area contributed by atoms with Crippen LogP contribution in [0.3, 0.4) is 0 Å². The molecule has 1 unspecified atom stereocenters. The minimum atomic E-state index is -0.0102. The molecule has 1 aromatic rings. The highest BCUT2D eigenvalue weighted by Crippen LogP contribution is 2.33. The van der Waals surface area contributed by atoms with E-state index in [2.05, 4.69) is 11.4 Å². The summed E-state index contributed by atoms with van der Waals surface area (Å²) in [7, 11) is 0. The first kappa shape index (κ1) is 9.78. The van der Waals surface area contributed by atoms with E-state index in [1.54, 1.807) is 0 Å². The Morgan fingerprint density at radius 3 is 2.80 bits per heavy atom. The van der Waals surface area contributed by atoms with E-state index < -0.39 is 0 Å². The van der Waals surface area contributed by atoms with Crippen LogP contribution >= 0.6 is 0 Å². The number of nitriles is 1. The van der Waals surface area contributed by atoms with Crippen molar-refractivity contribution in [1.29, 1.82) is 5.26 Å². The summed E-state index contributed by atoms with van der Waals surface area (Å²) in [5.74, 6) is 0.653. The Morgan fingerprint density at radius 2 is 2.20 bits per heavy atom. The summed E-state index contributed by atoms with van der Waals surface area (Å²) in [5, 5.41) is 11.8. The van der Waals surface area contributed by atoms with Crippen LogP contribution < -0.4 is 5.32 Å². The number of fused-ring (bicyclic) bond motifs is 1. The molecule has 1 N–H and O–H groups in total. The van der Waals surface area contributed by atoms with Crippen LogP contribution in [-0.2, 0) is 4.79 Å². The Morgan fingerprint density at radius 1 is 1.53 bits per heavy atom. The maximum absolute atomic E-state index is 11.4. The molecule has 0 radical (unpaired) electrons. The van der Waals surface area contributed by atoms with E-state index in [0.717, 1.165) is 11.3 Å². The van der Waals surface area contributed by atoms with E-state index in [1.165, 1.54) is 0 Å². The summed E-state index contributed by atoms with van der Waals surface area (Å²) in [6.45, 7) is 5.89. The predicted octanol–water partition coefficient (Wildman–Crippen LogP) is 1.88.